The van der Waals surface area contributed by atoms with Gasteiger partial charge in [-0.2, -0.15) is 5.10 Å². The minimum atomic E-state index is -0.246. The summed E-state index contributed by atoms with van der Waals surface area (Å²) in [4.78, 5) is 20.3. The number of hydrogen-bond acceptors (Lipinski definition) is 5. The van der Waals surface area contributed by atoms with Gasteiger partial charge in [0, 0.05) is 18.9 Å². The highest BCUT2D eigenvalue weighted by molar-refractivity contribution is 5.99. The summed E-state index contributed by atoms with van der Waals surface area (Å²) in [6.45, 7) is 4.72. The van der Waals surface area contributed by atoms with E-state index in [1.54, 1.807) is 18.5 Å². The van der Waals surface area contributed by atoms with E-state index >= 15 is 0 Å². The van der Waals surface area contributed by atoms with Crippen molar-refractivity contribution in [1.29, 1.82) is 0 Å². The predicted octanol–water partition coefficient (Wildman–Crippen LogP) is 1.51. The van der Waals surface area contributed by atoms with Crippen LogP contribution in [0.25, 0.3) is 0 Å². The number of nitrogens with zero attached hydrogens (tertiary/aromatic N) is 3. The van der Waals surface area contributed by atoms with Crippen molar-refractivity contribution in [2.24, 2.45) is 0 Å². The Bertz CT molecular complexity index is 554. The summed E-state index contributed by atoms with van der Waals surface area (Å²) in [6, 6.07) is 1.55. The van der Waals surface area contributed by atoms with Crippen LogP contribution in [-0.4, -0.2) is 32.6 Å². The van der Waals surface area contributed by atoms with Crippen molar-refractivity contribution in [1.82, 2.24) is 25.5 Å². The molecule has 3 N–H and O–H groups in total. The standard InChI is InChI=1S/C13H18N6O/c1-3-5-15-11-4-6-14-7-10(11)13(20)18-9(2)12-16-8-17-19-12/h4,6-9H,3,5H2,1-2H3,(H,14,15)(H,18,20)(H,16,17,19). The van der Waals surface area contributed by atoms with Crippen LogP contribution in [-0.2, 0) is 0 Å². The van der Waals surface area contributed by atoms with Crippen molar-refractivity contribution in [3.05, 3.63) is 36.2 Å². The van der Waals surface area contributed by atoms with Gasteiger partial charge in [0.15, 0.2) is 0 Å². The first-order chi connectivity index (χ1) is 9.72. The highest BCUT2D eigenvalue weighted by atomic mass is 16.1. The summed E-state index contributed by atoms with van der Waals surface area (Å²) in [5.74, 6) is 0.422. The quantitative estimate of drug-likeness (QED) is 0.742. The molecule has 20 heavy (non-hydrogen) atoms. The molecule has 1 unspecified atom stereocenters. The van der Waals surface area contributed by atoms with Crippen molar-refractivity contribution in [3.8, 4) is 0 Å². The molecule has 0 spiro atoms. The molecule has 0 saturated carbocycles. The Balaban J connectivity index is 2.09. The summed E-state index contributed by atoms with van der Waals surface area (Å²) >= 11 is 0. The van der Waals surface area contributed by atoms with E-state index in [1.165, 1.54) is 6.33 Å². The van der Waals surface area contributed by atoms with Crippen molar-refractivity contribution in [3.63, 3.8) is 0 Å². The molecule has 0 bridgehead atoms. The maximum atomic E-state index is 12.3. The summed E-state index contributed by atoms with van der Waals surface area (Å²) in [7, 11) is 0. The average molecular weight is 274 g/mol. The van der Waals surface area contributed by atoms with Crippen molar-refractivity contribution in [2.75, 3.05) is 11.9 Å². The van der Waals surface area contributed by atoms with E-state index in [1.807, 2.05) is 6.92 Å². The van der Waals surface area contributed by atoms with E-state index in [0.29, 0.717) is 11.4 Å². The van der Waals surface area contributed by atoms with Crippen LogP contribution in [0.3, 0.4) is 0 Å². The van der Waals surface area contributed by atoms with Crippen molar-refractivity contribution in [2.45, 2.75) is 26.3 Å². The van der Waals surface area contributed by atoms with Gasteiger partial charge in [-0.25, -0.2) is 4.98 Å². The second-order valence-electron chi connectivity index (χ2n) is 4.41. The third kappa shape index (κ3) is 3.31. The fraction of sp³-hybridized carbons (Fsp3) is 0.385. The predicted molar refractivity (Wildman–Crippen MR) is 75.3 cm³/mol. The Hall–Kier alpha value is -2.44. The first kappa shape index (κ1) is 14.0. The topological polar surface area (TPSA) is 95.6 Å². The second-order valence-corrected chi connectivity index (χ2v) is 4.41. The van der Waals surface area contributed by atoms with Crippen molar-refractivity contribution >= 4 is 11.6 Å². The monoisotopic (exact) mass is 274 g/mol. The molecule has 2 aromatic rings. The van der Waals surface area contributed by atoms with Crippen LogP contribution >= 0.6 is 0 Å². The minimum Gasteiger partial charge on any atom is -0.384 e. The Labute approximate surface area is 117 Å². The Morgan fingerprint density at radius 1 is 1.50 bits per heavy atom. The number of amides is 1. The lowest BCUT2D eigenvalue weighted by Crippen LogP contribution is -2.28. The summed E-state index contributed by atoms with van der Waals surface area (Å²) in [5, 5.41) is 12.6. The number of pyridine rings is 1. The van der Waals surface area contributed by atoms with Crippen LogP contribution < -0.4 is 10.6 Å². The molecular weight excluding hydrogens is 256 g/mol. The number of hydrogen-bond donors (Lipinski definition) is 3. The Kier molecular flexibility index (Phi) is 4.65. The first-order valence-corrected chi connectivity index (χ1v) is 6.56. The van der Waals surface area contributed by atoms with E-state index in [-0.39, 0.29) is 11.9 Å². The lowest BCUT2D eigenvalue weighted by atomic mass is 10.2. The Morgan fingerprint density at radius 3 is 3.05 bits per heavy atom. The van der Waals surface area contributed by atoms with E-state index in [9.17, 15) is 4.79 Å². The molecule has 0 radical (unpaired) electrons. The van der Waals surface area contributed by atoms with Crippen molar-refractivity contribution < 1.29 is 4.79 Å². The third-order valence-corrected chi connectivity index (χ3v) is 2.82. The van der Waals surface area contributed by atoms with Gasteiger partial charge in [-0.15, -0.1) is 0 Å². The maximum Gasteiger partial charge on any atom is 0.255 e. The zero-order chi connectivity index (χ0) is 14.4. The zero-order valence-corrected chi connectivity index (χ0v) is 11.6. The van der Waals surface area contributed by atoms with Gasteiger partial charge < -0.3 is 10.6 Å². The van der Waals surface area contributed by atoms with Crippen LogP contribution in [0.4, 0.5) is 5.69 Å². The van der Waals surface area contributed by atoms with Gasteiger partial charge in [-0.1, -0.05) is 6.92 Å². The number of H-pyrrole nitrogens is 1. The summed E-state index contributed by atoms with van der Waals surface area (Å²) in [5.41, 5.74) is 1.30. The lowest BCUT2D eigenvalue weighted by molar-refractivity contribution is 0.0939. The molecule has 0 fully saturated rings. The summed E-state index contributed by atoms with van der Waals surface area (Å²) in [6.07, 6.45) is 5.61. The molecule has 7 heteroatoms. The van der Waals surface area contributed by atoms with Crippen LogP contribution in [0.15, 0.2) is 24.8 Å². The van der Waals surface area contributed by atoms with Gasteiger partial charge >= 0.3 is 0 Å². The molecule has 0 aromatic carbocycles. The highest BCUT2D eigenvalue weighted by Gasteiger charge is 2.16. The summed E-state index contributed by atoms with van der Waals surface area (Å²) < 4.78 is 0. The van der Waals surface area contributed by atoms with Crippen LogP contribution in [0.1, 0.15) is 42.5 Å². The average Bonchev–Trinajstić information content (AvgIpc) is 2.99. The fourth-order valence-electron chi connectivity index (χ4n) is 1.76. The number of anilines is 1. The van der Waals surface area contributed by atoms with E-state index in [4.69, 9.17) is 0 Å². The van der Waals surface area contributed by atoms with E-state index < -0.39 is 0 Å². The van der Waals surface area contributed by atoms with Gasteiger partial charge in [0.25, 0.3) is 5.91 Å². The Morgan fingerprint density at radius 2 is 2.35 bits per heavy atom. The molecule has 2 aromatic heterocycles. The first-order valence-electron chi connectivity index (χ1n) is 6.56. The molecule has 1 atom stereocenters. The van der Waals surface area contributed by atoms with Crippen LogP contribution in [0, 0.1) is 0 Å². The lowest BCUT2D eigenvalue weighted by Gasteiger charge is -2.14. The van der Waals surface area contributed by atoms with Gasteiger partial charge in [0.2, 0.25) is 0 Å². The molecule has 0 saturated heterocycles. The second kappa shape index (κ2) is 6.65. The van der Waals surface area contributed by atoms with E-state index in [2.05, 4.69) is 37.7 Å². The zero-order valence-electron chi connectivity index (χ0n) is 11.6. The highest BCUT2D eigenvalue weighted by Crippen LogP contribution is 2.15. The minimum absolute atomic E-state index is 0.194. The molecule has 0 aliphatic carbocycles. The SMILES string of the molecule is CCCNc1ccncc1C(=O)NC(C)c1ncn[nH]1. The molecular formula is C13H18N6O. The molecule has 0 aliphatic rings. The van der Waals surface area contributed by atoms with Gasteiger partial charge in [-0.05, 0) is 19.4 Å². The van der Waals surface area contributed by atoms with Crippen LogP contribution in [0.5, 0.6) is 0 Å². The third-order valence-electron chi connectivity index (χ3n) is 2.82. The number of aromatic nitrogens is 4. The molecule has 2 heterocycles. The van der Waals surface area contributed by atoms with Gasteiger partial charge in [0.1, 0.15) is 12.2 Å². The number of rotatable bonds is 6. The number of nitrogens with one attached hydrogen (secondary N) is 3. The number of carbonyl (C=O) groups is 1. The molecule has 7 nitrogen and oxygen atoms in total. The molecule has 2 rings (SSSR count). The molecule has 106 valence electrons. The van der Waals surface area contributed by atoms with Crippen LogP contribution in [0.2, 0.25) is 0 Å². The number of carbonyl (C=O) groups excluding carboxylic acids is 1. The molecule has 0 aliphatic heterocycles. The number of aromatic amines is 1. The normalized spacial score (nSPS) is 11.9. The smallest absolute Gasteiger partial charge is 0.255 e. The van der Waals surface area contributed by atoms with E-state index in [0.717, 1.165) is 18.7 Å². The maximum absolute atomic E-state index is 12.3. The van der Waals surface area contributed by atoms with Gasteiger partial charge in [0.05, 0.1) is 17.3 Å². The van der Waals surface area contributed by atoms with Gasteiger partial charge in [-0.3, -0.25) is 14.9 Å². The largest absolute Gasteiger partial charge is 0.384 e. The molecule has 1 amide bonds. The fourth-order valence-corrected chi connectivity index (χ4v) is 1.76.